The minimum atomic E-state index is 0.354. The molecule has 1 aromatic heterocycles. The normalized spacial score (nSPS) is 12.8. The van der Waals surface area contributed by atoms with Crippen LogP contribution in [-0.2, 0) is 6.42 Å². The number of nitrogens with one attached hydrogen (secondary N) is 1. The van der Waals surface area contributed by atoms with E-state index in [1.54, 1.807) is 11.3 Å². The zero-order valence-electron chi connectivity index (χ0n) is 13.0. The van der Waals surface area contributed by atoms with Gasteiger partial charge in [0.15, 0.2) is 0 Å². The molecule has 0 aliphatic rings. The Morgan fingerprint density at radius 2 is 1.81 bits per heavy atom. The maximum absolute atomic E-state index is 6.09. The van der Waals surface area contributed by atoms with Gasteiger partial charge in [-0.3, -0.25) is 0 Å². The highest BCUT2D eigenvalue weighted by atomic mass is 35.5. The van der Waals surface area contributed by atoms with Gasteiger partial charge >= 0.3 is 0 Å². The minimum Gasteiger partial charge on any atom is -0.309 e. The highest BCUT2D eigenvalue weighted by molar-refractivity contribution is 7.16. The van der Waals surface area contributed by atoms with Crippen LogP contribution in [0.3, 0.4) is 0 Å². The van der Waals surface area contributed by atoms with Gasteiger partial charge < -0.3 is 5.32 Å². The van der Waals surface area contributed by atoms with Crippen LogP contribution in [0.4, 0.5) is 0 Å². The summed E-state index contributed by atoms with van der Waals surface area (Å²) in [4.78, 5) is 1.32. The van der Waals surface area contributed by atoms with Crippen LogP contribution < -0.4 is 5.32 Å². The van der Waals surface area contributed by atoms with Crippen LogP contribution in [0.2, 0.25) is 4.34 Å². The summed E-state index contributed by atoms with van der Waals surface area (Å²) in [5.41, 5.74) is 2.77. The number of hydrogen-bond acceptors (Lipinski definition) is 2. The van der Waals surface area contributed by atoms with Crippen molar-refractivity contribution in [1.29, 1.82) is 0 Å². The summed E-state index contributed by atoms with van der Waals surface area (Å²) in [5.74, 6) is 0.587. The molecule has 2 rings (SSSR count). The van der Waals surface area contributed by atoms with Crippen molar-refractivity contribution in [2.24, 2.45) is 0 Å². The number of rotatable bonds is 7. The Kier molecular flexibility index (Phi) is 6.28. The molecule has 0 saturated heterocycles. The summed E-state index contributed by atoms with van der Waals surface area (Å²) in [5, 5.41) is 3.64. The predicted octanol–water partition coefficient (Wildman–Crippen LogP) is 5.81. The van der Waals surface area contributed by atoms with Gasteiger partial charge in [0.05, 0.1) is 4.34 Å². The van der Waals surface area contributed by atoms with E-state index in [1.807, 2.05) is 6.07 Å². The van der Waals surface area contributed by atoms with Crippen LogP contribution in [0, 0.1) is 0 Å². The van der Waals surface area contributed by atoms with Gasteiger partial charge in [0, 0.05) is 10.9 Å². The molecule has 1 heterocycles. The molecule has 0 aliphatic heterocycles. The molecule has 0 radical (unpaired) electrons. The van der Waals surface area contributed by atoms with Gasteiger partial charge in [0.25, 0.3) is 0 Å². The maximum atomic E-state index is 6.09. The number of hydrogen-bond donors (Lipinski definition) is 1. The lowest BCUT2D eigenvalue weighted by Gasteiger charge is -2.18. The molecule has 0 spiro atoms. The van der Waals surface area contributed by atoms with Crippen molar-refractivity contribution in [3.8, 4) is 0 Å². The van der Waals surface area contributed by atoms with Crippen LogP contribution in [0.5, 0.6) is 0 Å². The van der Waals surface area contributed by atoms with Crippen LogP contribution in [0.1, 0.15) is 55.2 Å². The first-order chi connectivity index (χ1) is 10.1. The number of benzene rings is 1. The Bertz CT molecular complexity index is 545. The topological polar surface area (TPSA) is 12.0 Å². The third-order valence-electron chi connectivity index (χ3n) is 3.66. The molecule has 0 saturated carbocycles. The fourth-order valence-electron chi connectivity index (χ4n) is 2.38. The third kappa shape index (κ3) is 4.84. The largest absolute Gasteiger partial charge is 0.309 e. The average Bonchev–Trinajstić information content (AvgIpc) is 2.90. The Hall–Kier alpha value is -0.830. The van der Waals surface area contributed by atoms with Gasteiger partial charge in [-0.15, -0.1) is 11.3 Å². The Labute approximate surface area is 137 Å². The van der Waals surface area contributed by atoms with Gasteiger partial charge in [0.1, 0.15) is 0 Å². The van der Waals surface area contributed by atoms with E-state index in [4.69, 9.17) is 11.6 Å². The van der Waals surface area contributed by atoms with Crippen molar-refractivity contribution in [2.75, 3.05) is 6.54 Å². The van der Waals surface area contributed by atoms with Crippen molar-refractivity contribution in [1.82, 2.24) is 5.32 Å². The molecule has 0 aliphatic carbocycles. The second-order valence-electron chi connectivity index (χ2n) is 5.75. The second kappa shape index (κ2) is 7.98. The van der Waals surface area contributed by atoms with Gasteiger partial charge in [-0.1, -0.05) is 56.6 Å². The van der Waals surface area contributed by atoms with Crippen molar-refractivity contribution >= 4 is 22.9 Å². The molecule has 1 nitrogen and oxygen atoms in total. The lowest BCUT2D eigenvalue weighted by molar-refractivity contribution is 0.536. The van der Waals surface area contributed by atoms with Gasteiger partial charge in [-0.05, 0) is 48.6 Å². The fourth-order valence-corrected chi connectivity index (χ4v) is 3.52. The fraction of sp³-hybridized carbons (Fsp3) is 0.444. The average molecular weight is 322 g/mol. The standard InChI is InChI=1S/C18H24ClNS/c1-4-11-20-16(17-9-10-18(19)21-17)12-14-5-7-15(8-6-14)13(2)3/h5-10,13,16,20H,4,11-12H2,1-3H3. The summed E-state index contributed by atoms with van der Waals surface area (Å²) in [7, 11) is 0. The summed E-state index contributed by atoms with van der Waals surface area (Å²) in [6.45, 7) is 7.69. The van der Waals surface area contributed by atoms with Crippen LogP contribution in [0.15, 0.2) is 36.4 Å². The molecule has 1 N–H and O–H groups in total. The molecule has 2 aromatic rings. The Morgan fingerprint density at radius 3 is 2.33 bits per heavy atom. The molecule has 114 valence electrons. The Balaban J connectivity index is 2.10. The van der Waals surface area contributed by atoms with Crippen molar-refractivity contribution < 1.29 is 0 Å². The molecule has 0 bridgehead atoms. The summed E-state index contributed by atoms with van der Waals surface area (Å²) >= 11 is 7.76. The number of thiophene rings is 1. The van der Waals surface area contributed by atoms with E-state index in [1.165, 1.54) is 16.0 Å². The lowest BCUT2D eigenvalue weighted by Crippen LogP contribution is -2.23. The minimum absolute atomic E-state index is 0.354. The molecule has 0 amide bonds. The molecule has 0 fully saturated rings. The maximum Gasteiger partial charge on any atom is 0.0931 e. The first-order valence-electron chi connectivity index (χ1n) is 7.67. The SMILES string of the molecule is CCCNC(Cc1ccc(C(C)C)cc1)c1ccc(Cl)s1. The predicted molar refractivity (Wildman–Crippen MR) is 94.6 cm³/mol. The van der Waals surface area contributed by atoms with Gasteiger partial charge in [-0.25, -0.2) is 0 Å². The van der Waals surface area contributed by atoms with Crippen molar-refractivity contribution in [3.05, 3.63) is 56.7 Å². The molecular weight excluding hydrogens is 298 g/mol. The first kappa shape index (κ1) is 16.5. The van der Waals surface area contributed by atoms with Crippen LogP contribution in [0.25, 0.3) is 0 Å². The zero-order valence-corrected chi connectivity index (χ0v) is 14.6. The van der Waals surface area contributed by atoms with E-state index < -0.39 is 0 Å². The summed E-state index contributed by atoms with van der Waals surface area (Å²) in [6.07, 6.45) is 2.15. The van der Waals surface area contributed by atoms with E-state index >= 15 is 0 Å². The quantitative estimate of drug-likeness (QED) is 0.678. The van der Waals surface area contributed by atoms with E-state index in [-0.39, 0.29) is 0 Å². The molecule has 1 atom stereocenters. The Morgan fingerprint density at radius 1 is 1.10 bits per heavy atom. The van der Waals surface area contributed by atoms with Gasteiger partial charge in [-0.2, -0.15) is 0 Å². The monoisotopic (exact) mass is 321 g/mol. The van der Waals surface area contributed by atoms with E-state index in [9.17, 15) is 0 Å². The molecular formula is C18H24ClNS. The molecule has 21 heavy (non-hydrogen) atoms. The van der Waals surface area contributed by atoms with Crippen LogP contribution >= 0.6 is 22.9 Å². The highest BCUT2D eigenvalue weighted by Crippen LogP contribution is 2.29. The zero-order chi connectivity index (χ0) is 15.2. The summed E-state index contributed by atoms with van der Waals surface area (Å²) in [6, 6.07) is 13.5. The second-order valence-corrected chi connectivity index (χ2v) is 7.50. The lowest BCUT2D eigenvalue weighted by atomic mass is 9.98. The van der Waals surface area contributed by atoms with Crippen molar-refractivity contribution in [3.63, 3.8) is 0 Å². The molecule has 1 unspecified atom stereocenters. The van der Waals surface area contributed by atoms with E-state index in [2.05, 4.69) is 56.4 Å². The number of halogens is 1. The molecule has 1 aromatic carbocycles. The summed E-state index contributed by atoms with van der Waals surface area (Å²) < 4.78 is 0.864. The highest BCUT2D eigenvalue weighted by Gasteiger charge is 2.14. The van der Waals surface area contributed by atoms with E-state index in [0.29, 0.717) is 12.0 Å². The van der Waals surface area contributed by atoms with Crippen molar-refractivity contribution in [2.45, 2.75) is 45.6 Å². The van der Waals surface area contributed by atoms with Crippen LogP contribution in [-0.4, -0.2) is 6.54 Å². The molecule has 3 heteroatoms. The third-order valence-corrected chi connectivity index (χ3v) is 5.01. The van der Waals surface area contributed by atoms with E-state index in [0.717, 1.165) is 23.7 Å². The smallest absolute Gasteiger partial charge is 0.0931 e. The first-order valence-corrected chi connectivity index (χ1v) is 8.87. The van der Waals surface area contributed by atoms with Gasteiger partial charge in [0.2, 0.25) is 0 Å².